The Bertz CT molecular complexity index is 1480. The Morgan fingerprint density at radius 1 is 1.05 bits per heavy atom. The summed E-state index contributed by atoms with van der Waals surface area (Å²) in [5.41, 5.74) is 2.02. The number of rotatable bonds is 7. The van der Waals surface area contributed by atoms with Gasteiger partial charge in [-0.05, 0) is 49.4 Å². The van der Waals surface area contributed by atoms with Gasteiger partial charge < -0.3 is 30.3 Å². The van der Waals surface area contributed by atoms with Crippen LogP contribution >= 0.6 is 0 Å². The molecule has 0 aromatic heterocycles. The summed E-state index contributed by atoms with van der Waals surface area (Å²) >= 11 is 0. The molecule has 0 saturated heterocycles. The van der Waals surface area contributed by atoms with Crippen LogP contribution < -0.4 is 15.4 Å². The van der Waals surface area contributed by atoms with Crippen LogP contribution in [-0.2, 0) is 16.0 Å². The predicted molar refractivity (Wildman–Crippen MR) is 173 cm³/mol. The summed E-state index contributed by atoms with van der Waals surface area (Å²) in [6, 6.07) is 18.5. The molecule has 4 amide bonds. The summed E-state index contributed by atoms with van der Waals surface area (Å²) in [7, 11) is 1.73. The van der Waals surface area contributed by atoms with E-state index in [0.717, 1.165) is 42.1 Å². The van der Waals surface area contributed by atoms with E-state index >= 15 is 0 Å². The topological polar surface area (TPSA) is 111 Å². The predicted octanol–water partition coefficient (Wildman–Crippen LogP) is 5.67. The lowest BCUT2D eigenvalue weighted by atomic mass is 9.88. The van der Waals surface area contributed by atoms with Crippen LogP contribution in [0.5, 0.6) is 5.75 Å². The van der Waals surface area contributed by atoms with Gasteiger partial charge in [-0.25, -0.2) is 4.79 Å². The molecule has 3 atom stereocenters. The van der Waals surface area contributed by atoms with Crippen molar-refractivity contribution in [1.29, 1.82) is 0 Å². The number of nitrogens with zero attached hydrogens (tertiary/aromatic N) is 2. The first-order valence-electron chi connectivity index (χ1n) is 15.7. The number of benzene rings is 3. The molecule has 0 bridgehead atoms. The smallest absolute Gasteiger partial charge is 0.321 e. The van der Waals surface area contributed by atoms with Crippen LogP contribution in [0, 0.1) is 11.8 Å². The zero-order valence-corrected chi connectivity index (χ0v) is 25.9. The second-order valence-corrected chi connectivity index (χ2v) is 12.4. The Kier molecular flexibility index (Phi) is 10.0. The molecule has 1 aliphatic heterocycles. The van der Waals surface area contributed by atoms with E-state index in [2.05, 4.69) is 10.6 Å². The number of aliphatic hydroxyl groups is 1. The molecule has 1 aliphatic carbocycles. The number of anilines is 2. The van der Waals surface area contributed by atoms with Crippen LogP contribution in [0.4, 0.5) is 16.2 Å². The molecule has 44 heavy (non-hydrogen) atoms. The summed E-state index contributed by atoms with van der Waals surface area (Å²) in [5, 5.41) is 18.0. The lowest BCUT2D eigenvalue weighted by molar-refractivity contribution is -0.134. The van der Waals surface area contributed by atoms with Gasteiger partial charge in [0.25, 0.3) is 0 Å². The normalized spacial score (nSPS) is 20.0. The van der Waals surface area contributed by atoms with Crippen LogP contribution in [-0.4, -0.2) is 71.6 Å². The fourth-order valence-corrected chi connectivity index (χ4v) is 6.23. The molecule has 5 rings (SSSR count). The number of hydrogen-bond acceptors (Lipinski definition) is 5. The van der Waals surface area contributed by atoms with Crippen molar-refractivity contribution in [2.24, 2.45) is 11.8 Å². The minimum absolute atomic E-state index is 0.00789. The van der Waals surface area contributed by atoms with Crippen LogP contribution in [0.25, 0.3) is 10.8 Å². The largest absolute Gasteiger partial charge is 0.488 e. The Morgan fingerprint density at radius 2 is 1.80 bits per heavy atom. The van der Waals surface area contributed by atoms with E-state index in [1.165, 1.54) is 6.42 Å². The summed E-state index contributed by atoms with van der Waals surface area (Å²) in [6.07, 6.45) is 4.73. The maximum absolute atomic E-state index is 13.6. The number of hydrogen-bond donors (Lipinski definition) is 3. The summed E-state index contributed by atoms with van der Waals surface area (Å²) in [4.78, 5) is 43.2. The van der Waals surface area contributed by atoms with E-state index in [0.29, 0.717) is 23.5 Å². The number of carbonyl (C=O) groups is 3. The molecule has 2 aliphatic rings. The highest BCUT2D eigenvalue weighted by Gasteiger charge is 2.32. The molecule has 3 aromatic rings. The van der Waals surface area contributed by atoms with Crippen molar-refractivity contribution in [3.8, 4) is 5.75 Å². The fourth-order valence-electron chi connectivity index (χ4n) is 6.23. The lowest BCUT2D eigenvalue weighted by Gasteiger charge is -2.34. The van der Waals surface area contributed by atoms with E-state index < -0.39 is 6.10 Å². The van der Waals surface area contributed by atoms with Crippen LogP contribution in [0.1, 0.15) is 51.5 Å². The number of amides is 4. The van der Waals surface area contributed by atoms with Crippen LogP contribution in [0.3, 0.4) is 0 Å². The van der Waals surface area contributed by atoms with Gasteiger partial charge in [0.15, 0.2) is 0 Å². The van der Waals surface area contributed by atoms with Gasteiger partial charge in [-0.1, -0.05) is 62.6 Å². The van der Waals surface area contributed by atoms with Gasteiger partial charge in [0.05, 0.1) is 31.3 Å². The zero-order valence-electron chi connectivity index (χ0n) is 25.9. The van der Waals surface area contributed by atoms with Gasteiger partial charge in [-0.15, -0.1) is 0 Å². The number of aliphatic hydroxyl groups excluding tert-OH is 1. The van der Waals surface area contributed by atoms with Gasteiger partial charge in [0.1, 0.15) is 11.9 Å². The first-order chi connectivity index (χ1) is 21.2. The molecule has 1 fully saturated rings. The molecule has 9 nitrogen and oxygen atoms in total. The van der Waals surface area contributed by atoms with Crippen molar-refractivity contribution in [2.45, 2.75) is 64.5 Å². The first kappa shape index (κ1) is 31.3. The van der Waals surface area contributed by atoms with Crippen molar-refractivity contribution in [3.05, 3.63) is 66.2 Å². The Hall–Kier alpha value is -4.11. The zero-order chi connectivity index (χ0) is 31.2. The van der Waals surface area contributed by atoms with E-state index in [1.54, 1.807) is 22.9 Å². The number of ether oxygens (including phenoxy) is 1. The van der Waals surface area contributed by atoms with E-state index in [1.807, 2.05) is 68.4 Å². The van der Waals surface area contributed by atoms with Crippen molar-refractivity contribution in [2.75, 3.05) is 37.4 Å². The average molecular weight is 601 g/mol. The van der Waals surface area contributed by atoms with Crippen molar-refractivity contribution >= 4 is 40.0 Å². The molecule has 1 saturated carbocycles. The molecule has 3 aromatic carbocycles. The maximum atomic E-state index is 13.6. The van der Waals surface area contributed by atoms with E-state index in [9.17, 15) is 19.5 Å². The lowest BCUT2D eigenvalue weighted by Crippen LogP contribution is -2.48. The van der Waals surface area contributed by atoms with E-state index in [4.69, 9.17) is 4.74 Å². The molecule has 1 heterocycles. The Labute approximate surface area is 259 Å². The van der Waals surface area contributed by atoms with Gasteiger partial charge >= 0.3 is 6.03 Å². The maximum Gasteiger partial charge on any atom is 0.321 e. The molecule has 0 spiro atoms. The van der Waals surface area contributed by atoms with Crippen LogP contribution in [0.15, 0.2) is 60.7 Å². The average Bonchev–Trinajstić information content (AvgIpc) is 3.08. The van der Waals surface area contributed by atoms with Crippen molar-refractivity contribution in [3.63, 3.8) is 0 Å². The number of urea groups is 1. The molecule has 9 heteroatoms. The highest BCUT2D eigenvalue weighted by Crippen LogP contribution is 2.31. The molecule has 234 valence electrons. The first-order valence-corrected chi connectivity index (χ1v) is 15.7. The quantitative estimate of drug-likeness (QED) is 0.324. The summed E-state index contributed by atoms with van der Waals surface area (Å²) in [5.74, 6) is 0.292. The van der Waals surface area contributed by atoms with Crippen molar-refractivity contribution in [1.82, 2.24) is 9.80 Å². The third-order valence-corrected chi connectivity index (χ3v) is 8.99. The van der Waals surface area contributed by atoms with Gasteiger partial charge in [0, 0.05) is 42.1 Å². The number of fused-ring (bicyclic) bond motifs is 2. The third kappa shape index (κ3) is 7.33. The minimum Gasteiger partial charge on any atom is -0.488 e. The van der Waals surface area contributed by atoms with E-state index in [-0.39, 0.29) is 55.3 Å². The Balaban J connectivity index is 1.37. The van der Waals surface area contributed by atoms with Crippen molar-refractivity contribution < 1.29 is 24.2 Å². The molecule has 0 radical (unpaired) electrons. The monoisotopic (exact) mass is 600 g/mol. The number of nitrogens with one attached hydrogen (secondary N) is 2. The molecular formula is C35H44N4O5. The highest BCUT2D eigenvalue weighted by molar-refractivity contribution is 6.01. The number of likely N-dealkylation sites (N-methyl/N-ethyl adjacent to an activating group) is 1. The van der Waals surface area contributed by atoms with Gasteiger partial charge in [0.2, 0.25) is 11.8 Å². The second-order valence-electron chi connectivity index (χ2n) is 12.4. The molecular weight excluding hydrogens is 556 g/mol. The molecule has 3 N–H and O–H groups in total. The standard InChI is InChI=1S/C35H44N4O5/c1-23-20-39(24(2)22-40)33(41)19-27-18-28(36-34(42)26-11-5-4-6-12-26)16-17-31(27)44-32(23)21-38(3)35(43)37-30-15-9-13-25-10-7-8-14-29(25)30/h7-10,13-18,23-24,26,32,40H,4-6,11-12,19-22H2,1-3H3,(H,36,42)(H,37,43)/t23-,24+,32-/m0/s1. The third-order valence-electron chi connectivity index (χ3n) is 8.99. The summed E-state index contributed by atoms with van der Waals surface area (Å²) < 4.78 is 6.58. The fraction of sp³-hybridized carbons (Fsp3) is 0.457. The highest BCUT2D eigenvalue weighted by atomic mass is 16.5. The molecule has 0 unspecified atom stereocenters. The van der Waals surface area contributed by atoms with Gasteiger partial charge in [-0.2, -0.15) is 0 Å². The summed E-state index contributed by atoms with van der Waals surface area (Å²) in [6.45, 7) is 4.29. The van der Waals surface area contributed by atoms with Gasteiger partial charge in [-0.3, -0.25) is 9.59 Å². The second kappa shape index (κ2) is 14.1. The Morgan fingerprint density at radius 3 is 2.57 bits per heavy atom. The SMILES string of the molecule is C[C@H](CO)N1C[C@H](C)[C@H](CN(C)C(=O)Nc2cccc3ccccc23)Oc2ccc(NC(=O)C3CCCCC3)cc2CC1=O. The number of carbonyl (C=O) groups excluding carboxylic acids is 3. The minimum atomic E-state index is -0.445. The van der Waals surface area contributed by atoms with Crippen LogP contribution in [0.2, 0.25) is 0 Å².